The first-order chi connectivity index (χ1) is 10.2. The van der Waals surface area contributed by atoms with Crippen LogP contribution in [0.3, 0.4) is 0 Å². The van der Waals surface area contributed by atoms with Crippen LogP contribution in [0.2, 0.25) is 0 Å². The number of nitrogens with zero attached hydrogens (tertiary/aromatic N) is 1. The summed E-state index contributed by atoms with van der Waals surface area (Å²) in [6, 6.07) is 8.01. The van der Waals surface area contributed by atoms with Gasteiger partial charge in [0.15, 0.2) is 0 Å². The summed E-state index contributed by atoms with van der Waals surface area (Å²) in [7, 11) is 0. The second-order valence-corrected chi connectivity index (χ2v) is 5.87. The summed E-state index contributed by atoms with van der Waals surface area (Å²) in [5.41, 5.74) is 1.01. The topological polar surface area (TPSA) is 52.7 Å². The summed E-state index contributed by atoms with van der Waals surface area (Å²) in [5, 5.41) is 6.60. The molecule has 0 spiro atoms. The van der Waals surface area contributed by atoms with Crippen LogP contribution in [-0.2, 0) is 0 Å². The van der Waals surface area contributed by atoms with E-state index in [0.717, 1.165) is 41.2 Å². The van der Waals surface area contributed by atoms with Crippen molar-refractivity contribution in [2.24, 2.45) is 0 Å². The Labute approximate surface area is 134 Å². The Morgan fingerprint density at radius 1 is 1.38 bits per heavy atom. The minimum Gasteiger partial charge on any atom is -0.371 e. The summed E-state index contributed by atoms with van der Waals surface area (Å²) in [4.78, 5) is 7.55. The predicted octanol–water partition coefficient (Wildman–Crippen LogP) is 4.23. The number of aromatic amines is 1. The number of benzene rings is 1. The van der Waals surface area contributed by atoms with Crippen molar-refractivity contribution in [3.05, 3.63) is 59.4 Å². The highest BCUT2D eigenvalue weighted by Gasteiger charge is 2.12. The standard InChI is InChI=1S/C16H21BrN4/c1-3-4-13(16-18-9-10-19-16)11-20-12(2)21-15-7-5-14(17)6-8-15/h5-10,13,20-21H,2-4,11H2,1H3,(H,18,19)/t13-/m1/s1. The third-order valence-electron chi connectivity index (χ3n) is 3.24. The van der Waals surface area contributed by atoms with E-state index in [1.807, 2.05) is 30.5 Å². The molecule has 0 bridgehead atoms. The van der Waals surface area contributed by atoms with E-state index in [4.69, 9.17) is 0 Å². The molecule has 1 aromatic carbocycles. The molecule has 0 aliphatic rings. The molecule has 0 amide bonds. The van der Waals surface area contributed by atoms with Crippen LogP contribution in [0.5, 0.6) is 0 Å². The molecule has 1 aromatic heterocycles. The molecular weight excluding hydrogens is 328 g/mol. The average Bonchev–Trinajstić information content (AvgIpc) is 3.00. The molecule has 0 unspecified atom stereocenters. The second-order valence-electron chi connectivity index (χ2n) is 4.95. The van der Waals surface area contributed by atoms with Crippen molar-refractivity contribution in [1.82, 2.24) is 15.3 Å². The normalized spacial score (nSPS) is 11.9. The van der Waals surface area contributed by atoms with Gasteiger partial charge in [0.05, 0.1) is 5.82 Å². The zero-order chi connectivity index (χ0) is 15.1. The zero-order valence-electron chi connectivity index (χ0n) is 12.2. The van der Waals surface area contributed by atoms with Crippen molar-refractivity contribution in [3.63, 3.8) is 0 Å². The fourth-order valence-electron chi connectivity index (χ4n) is 2.18. The van der Waals surface area contributed by atoms with Crippen LogP contribution < -0.4 is 10.6 Å². The molecule has 1 atom stereocenters. The number of hydrogen-bond acceptors (Lipinski definition) is 3. The number of rotatable bonds is 8. The molecular formula is C16H21BrN4. The molecule has 1 heterocycles. The Hall–Kier alpha value is -1.75. The summed E-state index contributed by atoms with van der Waals surface area (Å²) in [6.45, 7) is 7.02. The predicted molar refractivity (Wildman–Crippen MR) is 91.1 cm³/mol. The lowest BCUT2D eigenvalue weighted by atomic mass is 10.0. The Bertz CT molecular complexity index is 548. The van der Waals surface area contributed by atoms with Gasteiger partial charge in [0.25, 0.3) is 0 Å². The maximum atomic E-state index is 4.36. The highest BCUT2D eigenvalue weighted by molar-refractivity contribution is 9.10. The van der Waals surface area contributed by atoms with E-state index in [9.17, 15) is 0 Å². The van der Waals surface area contributed by atoms with Gasteiger partial charge in [-0.3, -0.25) is 0 Å². The molecule has 21 heavy (non-hydrogen) atoms. The Balaban J connectivity index is 1.85. The van der Waals surface area contributed by atoms with E-state index in [-0.39, 0.29) is 0 Å². The third-order valence-corrected chi connectivity index (χ3v) is 3.77. The van der Waals surface area contributed by atoms with E-state index in [1.54, 1.807) is 6.20 Å². The van der Waals surface area contributed by atoms with Crippen LogP contribution in [0, 0.1) is 0 Å². The molecule has 5 heteroatoms. The van der Waals surface area contributed by atoms with E-state index in [2.05, 4.69) is 50.0 Å². The van der Waals surface area contributed by atoms with Gasteiger partial charge < -0.3 is 15.6 Å². The van der Waals surface area contributed by atoms with Crippen LogP contribution in [0.4, 0.5) is 5.69 Å². The van der Waals surface area contributed by atoms with Gasteiger partial charge >= 0.3 is 0 Å². The van der Waals surface area contributed by atoms with Crippen LogP contribution in [0.25, 0.3) is 0 Å². The second kappa shape index (κ2) is 7.88. The van der Waals surface area contributed by atoms with Crippen molar-refractivity contribution in [3.8, 4) is 0 Å². The summed E-state index contributed by atoms with van der Waals surface area (Å²) < 4.78 is 1.06. The van der Waals surface area contributed by atoms with Crippen molar-refractivity contribution >= 4 is 21.6 Å². The molecule has 0 radical (unpaired) electrons. The zero-order valence-corrected chi connectivity index (χ0v) is 13.8. The first kappa shape index (κ1) is 15.6. The molecule has 2 rings (SSSR count). The molecule has 0 saturated heterocycles. The number of imidazole rings is 1. The first-order valence-electron chi connectivity index (χ1n) is 7.13. The molecule has 0 aliphatic heterocycles. The average molecular weight is 349 g/mol. The SMILES string of the molecule is C=C(NC[C@@H](CCC)c1ncc[nH]1)Nc1ccc(Br)cc1. The summed E-state index contributed by atoms with van der Waals surface area (Å²) >= 11 is 3.42. The largest absolute Gasteiger partial charge is 0.371 e. The van der Waals surface area contributed by atoms with Gasteiger partial charge in [-0.15, -0.1) is 0 Å². The maximum absolute atomic E-state index is 4.36. The monoisotopic (exact) mass is 348 g/mol. The van der Waals surface area contributed by atoms with Crippen molar-refractivity contribution < 1.29 is 0 Å². The molecule has 3 N–H and O–H groups in total. The Morgan fingerprint density at radius 2 is 2.14 bits per heavy atom. The molecule has 4 nitrogen and oxygen atoms in total. The summed E-state index contributed by atoms with van der Waals surface area (Å²) in [5.74, 6) is 2.19. The van der Waals surface area contributed by atoms with E-state index in [1.165, 1.54) is 0 Å². The van der Waals surface area contributed by atoms with Crippen LogP contribution in [0.15, 0.2) is 53.5 Å². The molecule has 112 valence electrons. The highest BCUT2D eigenvalue weighted by Crippen LogP contribution is 2.18. The van der Waals surface area contributed by atoms with Gasteiger partial charge in [0.1, 0.15) is 5.82 Å². The molecule has 0 saturated carbocycles. The third kappa shape index (κ3) is 4.93. The highest BCUT2D eigenvalue weighted by atomic mass is 79.9. The first-order valence-corrected chi connectivity index (χ1v) is 7.93. The van der Waals surface area contributed by atoms with Gasteiger partial charge in [-0.25, -0.2) is 4.98 Å². The van der Waals surface area contributed by atoms with E-state index >= 15 is 0 Å². The Morgan fingerprint density at radius 3 is 2.76 bits per heavy atom. The quantitative estimate of drug-likeness (QED) is 0.669. The fourth-order valence-corrected chi connectivity index (χ4v) is 2.45. The lowest BCUT2D eigenvalue weighted by molar-refractivity contribution is 0.556. The van der Waals surface area contributed by atoms with E-state index in [0.29, 0.717) is 5.92 Å². The smallest absolute Gasteiger partial charge is 0.110 e. The van der Waals surface area contributed by atoms with Gasteiger partial charge in [-0.1, -0.05) is 35.9 Å². The molecule has 0 aliphatic carbocycles. The summed E-state index contributed by atoms with van der Waals surface area (Å²) in [6.07, 6.45) is 5.88. The number of H-pyrrole nitrogens is 1. The lowest BCUT2D eigenvalue weighted by Gasteiger charge is -2.18. The minimum atomic E-state index is 0.369. The number of nitrogens with one attached hydrogen (secondary N) is 3. The van der Waals surface area contributed by atoms with Crippen molar-refractivity contribution in [1.29, 1.82) is 0 Å². The van der Waals surface area contributed by atoms with Crippen LogP contribution >= 0.6 is 15.9 Å². The van der Waals surface area contributed by atoms with Gasteiger partial charge in [-0.2, -0.15) is 0 Å². The van der Waals surface area contributed by atoms with Crippen molar-refractivity contribution in [2.75, 3.05) is 11.9 Å². The lowest BCUT2D eigenvalue weighted by Crippen LogP contribution is -2.25. The Kier molecular flexibility index (Phi) is 5.87. The minimum absolute atomic E-state index is 0.369. The maximum Gasteiger partial charge on any atom is 0.110 e. The number of anilines is 1. The van der Waals surface area contributed by atoms with Crippen molar-refractivity contribution in [2.45, 2.75) is 25.7 Å². The van der Waals surface area contributed by atoms with Gasteiger partial charge in [0.2, 0.25) is 0 Å². The van der Waals surface area contributed by atoms with Crippen LogP contribution in [-0.4, -0.2) is 16.5 Å². The van der Waals surface area contributed by atoms with Gasteiger partial charge in [0, 0.05) is 35.0 Å². The number of aromatic nitrogens is 2. The fraction of sp³-hybridized carbons (Fsp3) is 0.312. The van der Waals surface area contributed by atoms with Crippen LogP contribution in [0.1, 0.15) is 31.5 Å². The molecule has 2 aromatic rings. The van der Waals surface area contributed by atoms with E-state index < -0.39 is 0 Å². The number of hydrogen-bond donors (Lipinski definition) is 3. The molecule has 0 fully saturated rings. The number of halogens is 1. The van der Waals surface area contributed by atoms with Gasteiger partial charge in [-0.05, 0) is 30.7 Å².